The minimum atomic E-state index is -0.978. The van der Waals surface area contributed by atoms with Gasteiger partial charge >= 0.3 is 5.97 Å². The van der Waals surface area contributed by atoms with Crippen LogP contribution in [0.2, 0.25) is 0 Å². The minimum Gasteiger partial charge on any atom is -0.478 e. The van der Waals surface area contributed by atoms with Crippen LogP contribution in [0.1, 0.15) is 11.1 Å². The third-order valence-corrected chi connectivity index (χ3v) is 2.59. The molecule has 0 aliphatic rings. The Morgan fingerprint density at radius 2 is 2.15 bits per heavy atom. The van der Waals surface area contributed by atoms with Crippen LogP contribution in [0.5, 0.6) is 11.6 Å². The number of rotatable bonds is 4. The molecule has 0 fully saturated rings. The van der Waals surface area contributed by atoms with E-state index >= 15 is 0 Å². The van der Waals surface area contributed by atoms with Gasteiger partial charge in [0.2, 0.25) is 5.88 Å². The quantitative estimate of drug-likeness (QED) is 0.834. The number of nitrogen functional groups attached to an aromatic ring is 1. The number of hydrogen-bond acceptors (Lipinski definition) is 4. The fraction of sp³-hybridized carbons (Fsp3) is 0.0667. The van der Waals surface area contributed by atoms with Crippen LogP contribution in [-0.4, -0.2) is 16.1 Å². The number of carboxylic acids is 1. The number of aliphatic carboxylic acids is 1. The molecule has 0 bridgehead atoms. The highest BCUT2D eigenvalue weighted by Gasteiger charge is 2.03. The summed E-state index contributed by atoms with van der Waals surface area (Å²) in [5.41, 5.74) is 7.81. The fourth-order valence-corrected chi connectivity index (χ4v) is 1.62. The van der Waals surface area contributed by atoms with E-state index in [4.69, 9.17) is 15.6 Å². The van der Waals surface area contributed by atoms with Crippen LogP contribution in [0, 0.1) is 6.92 Å². The van der Waals surface area contributed by atoms with Crippen LogP contribution in [0.4, 0.5) is 5.69 Å². The Kier molecular flexibility index (Phi) is 4.00. The molecule has 5 nitrogen and oxygen atoms in total. The van der Waals surface area contributed by atoms with Gasteiger partial charge in [-0.3, -0.25) is 0 Å². The van der Waals surface area contributed by atoms with Gasteiger partial charge in [-0.25, -0.2) is 9.78 Å². The van der Waals surface area contributed by atoms with Crippen LogP contribution in [0.15, 0.2) is 42.6 Å². The van der Waals surface area contributed by atoms with Gasteiger partial charge in [0.1, 0.15) is 5.75 Å². The molecule has 20 heavy (non-hydrogen) atoms. The Hall–Kier alpha value is -2.82. The maximum absolute atomic E-state index is 10.5. The summed E-state index contributed by atoms with van der Waals surface area (Å²) in [6, 6.07) is 8.79. The number of nitrogens with two attached hydrogens (primary N) is 1. The smallest absolute Gasteiger partial charge is 0.328 e. The Bertz CT molecular complexity index is 649. The van der Waals surface area contributed by atoms with E-state index < -0.39 is 5.97 Å². The molecule has 5 heteroatoms. The molecule has 2 aromatic rings. The van der Waals surface area contributed by atoms with E-state index in [1.807, 2.05) is 13.0 Å². The number of pyridine rings is 1. The summed E-state index contributed by atoms with van der Waals surface area (Å²) in [5.74, 6) is 0.139. The summed E-state index contributed by atoms with van der Waals surface area (Å²) in [5, 5.41) is 8.59. The molecule has 0 aliphatic heterocycles. The topological polar surface area (TPSA) is 85.4 Å². The second-order valence-corrected chi connectivity index (χ2v) is 4.23. The highest BCUT2D eigenvalue weighted by molar-refractivity contribution is 5.85. The second kappa shape index (κ2) is 5.88. The normalized spacial score (nSPS) is 10.7. The molecular weight excluding hydrogens is 256 g/mol. The third kappa shape index (κ3) is 3.58. The third-order valence-electron chi connectivity index (χ3n) is 2.59. The van der Waals surface area contributed by atoms with Gasteiger partial charge in [0.05, 0.1) is 11.9 Å². The zero-order chi connectivity index (χ0) is 14.5. The van der Waals surface area contributed by atoms with Crippen molar-refractivity contribution in [3.05, 3.63) is 53.7 Å². The lowest BCUT2D eigenvalue weighted by Crippen LogP contribution is -1.92. The molecule has 0 spiro atoms. The Labute approximate surface area is 116 Å². The Balaban J connectivity index is 2.17. The molecule has 0 radical (unpaired) electrons. The van der Waals surface area contributed by atoms with Crippen molar-refractivity contribution in [3.8, 4) is 11.6 Å². The largest absolute Gasteiger partial charge is 0.478 e. The monoisotopic (exact) mass is 270 g/mol. The Morgan fingerprint density at radius 3 is 2.75 bits per heavy atom. The lowest BCUT2D eigenvalue weighted by molar-refractivity contribution is -0.131. The molecule has 3 N–H and O–H groups in total. The van der Waals surface area contributed by atoms with Crippen molar-refractivity contribution < 1.29 is 14.6 Å². The summed E-state index contributed by atoms with van der Waals surface area (Å²) >= 11 is 0. The predicted octanol–water partition coefficient (Wildman–Crippen LogP) is 2.86. The number of nitrogens with zero attached hydrogens (tertiary/aromatic N) is 1. The first-order valence-corrected chi connectivity index (χ1v) is 5.95. The predicted molar refractivity (Wildman–Crippen MR) is 76.6 cm³/mol. The molecule has 0 amide bonds. The number of anilines is 1. The summed E-state index contributed by atoms with van der Waals surface area (Å²) in [7, 11) is 0. The number of carbonyl (C=O) groups is 1. The SMILES string of the molecule is Cc1cc(/C=C/C(=O)O)ccc1Oc1ccc(N)cn1. The van der Waals surface area contributed by atoms with E-state index in [2.05, 4.69) is 4.98 Å². The van der Waals surface area contributed by atoms with Crippen LogP contribution in [0.3, 0.4) is 0 Å². The number of ether oxygens (including phenoxy) is 1. The van der Waals surface area contributed by atoms with Gasteiger partial charge in [0, 0.05) is 12.1 Å². The molecule has 0 unspecified atom stereocenters. The number of hydrogen-bond donors (Lipinski definition) is 2. The van der Waals surface area contributed by atoms with Crippen LogP contribution < -0.4 is 10.5 Å². The van der Waals surface area contributed by atoms with Gasteiger partial charge in [-0.1, -0.05) is 6.07 Å². The molecule has 1 aromatic carbocycles. The van der Waals surface area contributed by atoms with E-state index in [0.29, 0.717) is 17.3 Å². The molecule has 1 heterocycles. The van der Waals surface area contributed by atoms with Crippen molar-refractivity contribution in [1.82, 2.24) is 4.98 Å². The summed E-state index contributed by atoms with van der Waals surface area (Å²) in [6.07, 6.45) is 4.14. The Morgan fingerprint density at radius 1 is 1.35 bits per heavy atom. The van der Waals surface area contributed by atoms with Gasteiger partial charge in [-0.15, -0.1) is 0 Å². The lowest BCUT2D eigenvalue weighted by Gasteiger charge is -2.08. The zero-order valence-corrected chi connectivity index (χ0v) is 10.9. The molecule has 0 saturated carbocycles. The first kappa shape index (κ1) is 13.6. The van der Waals surface area contributed by atoms with E-state index in [0.717, 1.165) is 17.2 Å². The van der Waals surface area contributed by atoms with E-state index in [1.54, 1.807) is 24.3 Å². The number of aryl methyl sites for hydroxylation is 1. The van der Waals surface area contributed by atoms with E-state index in [-0.39, 0.29) is 0 Å². The van der Waals surface area contributed by atoms with Crippen molar-refractivity contribution in [2.45, 2.75) is 6.92 Å². The fourth-order valence-electron chi connectivity index (χ4n) is 1.62. The minimum absolute atomic E-state index is 0.455. The highest BCUT2D eigenvalue weighted by Crippen LogP contribution is 2.25. The number of aromatic nitrogens is 1. The van der Waals surface area contributed by atoms with Crippen molar-refractivity contribution in [2.75, 3.05) is 5.73 Å². The first-order chi connectivity index (χ1) is 9.54. The lowest BCUT2D eigenvalue weighted by atomic mass is 10.1. The van der Waals surface area contributed by atoms with Crippen molar-refractivity contribution in [2.24, 2.45) is 0 Å². The number of benzene rings is 1. The van der Waals surface area contributed by atoms with Gasteiger partial charge in [0.25, 0.3) is 0 Å². The van der Waals surface area contributed by atoms with E-state index in [9.17, 15) is 4.79 Å². The molecular formula is C15H14N2O3. The van der Waals surface area contributed by atoms with Crippen LogP contribution in [0.25, 0.3) is 6.08 Å². The van der Waals surface area contributed by atoms with Crippen LogP contribution >= 0.6 is 0 Å². The molecule has 1 aromatic heterocycles. The molecule has 2 rings (SSSR count). The standard InChI is InChI=1S/C15H14N2O3/c1-10-8-11(3-7-15(18)19)2-5-13(10)20-14-6-4-12(16)9-17-14/h2-9H,16H2,1H3,(H,18,19)/b7-3+. The van der Waals surface area contributed by atoms with E-state index in [1.165, 1.54) is 12.3 Å². The second-order valence-electron chi connectivity index (χ2n) is 4.23. The van der Waals surface area contributed by atoms with Crippen molar-refractivity contribution in [3.63, 3.8) is 0 Å². The first-order valence-electron chi connectivity index (χ1n) is 5.95. The summed E-state index contributed by atoms with van der Waals surface area (Å²) in [6.45, 7) is 1.88. The van der Waals surface area contributed by atoms with Gasteiger partial charge in [-0.2, -0.15) is 0 Å². The van der Waals surface area contributed by atoms with Crippen molar-refractivity contribution in [1.29, 1.82) is 0 Å². The van der Waals surface area contributed by atoms with Crippen LogP contribution in [-0.2, 0) is 4.79 Å². The molecule has 102 valence electrons. The average Bonchev–Trinajstić information content (AvgIpc) is 2.41. The molecule has 0 saturated heterocycles. The van der Waals surface area contributed by atoms with Gasteiger partial charge < -0.3 is 15.6 Å². The molecule has 0 aliphatic carbocycles. The average molecular weight is 270 g/mol. The number of carboxylic acid groups (broad SMARTS) is 1. The maximum Gasteiger partial charge on any atom is 0.328 e. The zero-order valence-electron chi connectivity index (χ0n) is 10.9. The maximum atomic E-state index is 10.5. The highest BCUT2D eigenvalue weighted by atomic mass is 16.5. The van der Waals surface area contributed by atoms with Gasteiger partial charge in [0.15, 0.2) is 0 Å². The summed E-state index contributed by atoms with van der Waals surface area (Å²) < 4.78 is 5.64. The van der Waals surface area contributed by atoms with Gasteiger partial charge in [-0.05, 0) is 42.3 Å². The summed E-state index contributed by atoms with van der Waals surface area (Å²) in [4.78, 5) is 14.5. The molecule has 0 atom stereocenters. The van der Waals surface area contributed by atoms with Crippen molar-refractivity contribution >= 4 is 17.7 Å².